The molecule has 0 radical (unpaired) electrons. The topological polar surface area (TPSA) is 90.7 Å². The summed E-state index contributed by atoms with van der Waals surface area (Å²) in [4.78, 5) is 11.3. The Kier molecular flexibility index (Phi) is 7.58. The first kappa shape index (κ1) is 18.4. The molecule has 0 rings (SSSR count). The van der Waals surface area contributed by atoms with Crippen LogP contribution in [0.1, 0.15) is 13.8 Å². The minimum atomic E-state index is -4.20. The zero-order chi connectivity index (χ0) is 15.1. The van der Waals surface area contributed by atoms with Gasteiger partial charge in [0.1, 0.15) is 6.04 Å². The predicted molar refractivity (Wildman–Crippen MR) is 62.8 cm³/mol. The van der Waals surface area contributed by atoms with Crippen LogP contribution in [0.5, 0.6) is 0 Å². The maximum Gasteiger partial charge on any atom is 0.390 e. The molecule has 2 unspecified atom stereocenters. The second-order valence-corrected chi connectivity index (χ2v) is 5.89. The smallest absolute Gasteiger partial charge is 0.390 e. The third-order valence-corrected chi connectivity index (χ3v) is 4.08. The Bertz CT molecular complexity index is 343. The van der Waals surface area contributed by atoms with E-state index in [-0.39, 0.29) is 13.2 Å². The fourth-order valence-corrected chi connectivity index (χ4v) is 2.95. The number of halogens is 3. The van der Waals surface area contributed by atoms with E-state index in [0.29, 0.717) is 0 Å². The molecular formula is C9H18F3N2O4P. The molecule has 0 heterocycles. The third-order valence-electron chi connectivity index (χ3n) is 1.89. The first-order valence-electron chi connectivity index (χ1n) is 5.57. The molecule has 6 nitrogen and oxygen atoms in total. The van der Waals surface area contributed by atoms with Crippen LogP contribution in [-0.4, -0.2) is 44.1 Å². The maximum atomic E-state index is 12.8. The molecule has 2 atom stereocenters. The van der Waals surface area contributed by atoms with Crippen LogP contribution in [-0.2, 0) is 18.6 Å². The van der Waals surface area contributed by atoms with Crippen molar-refractivity contribution in [1.82, 2.24) is 5.09 Å². The van der Waals surface area contributed by atoms with Gasteiger partial charge in [-0.15, -0.1) is 0 Å². The summed E-state index contributed by atoms with van der Waals surface area (Å²) in [6.45, 7) is 0.530. The molecule has 0 saturated carbocycles. The van der Waals surface area contributed by atoms with Gasteiger partial charge in [-0.1, -0.05) is 0 Å². The zero-order valence-electron chi connectivity index (χ0n) is 10.7. The Morgan fingerprint density at radius 3 is 2.53 bits per heavy atom. The number of carbonyl (C=O) groups excluding carboxylic acids is 1. The summed E-state index contributed by atoms with van der Waals surface area (Å²) < 4.78 is 58.2. The number of nitrogens with two attached hydrogens (primary N) is 1. The van der Waals surface area contributed by atoms with Gasteiger partial charge in [0.15, 0.2) is 6.67 Å². The van der Waals surface area contributed by atoms with Gasteiger partial charge in [-0.25, -0.2) is 14.0 Å². The van der Waals surface area contributed by atoms with Crippen molar-refractivity contribution in [3.63, 3.8) is 0 Å². The minimum Gasteiger partial charge on any atom is -0.465 e. The van der Waals surface area contributed by atoms with Gasteiger partial charge in [-0.3, -0.25) is 9.36 Å². The second kappa shape index (κ2) is 7.84. The Morgan fingerprint density at radius 2 is 2.11 bits per heavy atom. The van der Waals surface area contributed by atoms with Crippen molar-refractivity contribution in [3.8, 4) is 0 Å². The number of alkyl halides is 3. The van der Waals surface area contributed by atoms with Crippen LogP contribution in [0.15, 0.2) is 0 Å². The van der Waals surface area contributed by atoms with E-state index in [1.54, 1.807) is 6.92 Å². The molecule has 0 aromatic rings. The van der Waals surface area contributed by atoms with Gasteiger partial charge < -0.3 is 10.5 Å². The van der Waals surface area contributed by atoms with Crippen LogP contribution in [0, 0.1) is 0 Å². The fourth-order valence-electron chi connectivity index (χ4n) is 1.16. The predicted octanol–water partition coefficient (Wildman–Crippen LogP) is 1.26. The molecule has 0 aliphatic heterocycles. The highest BCUT2D eigenvalue weighted by atomic mass is 31.2. The quantitative estimate of drug-likeness (QED) is 0.492. The van der Waals surface area contributed by atoms with Crippen LogP contribution >= 0.6 is 7.52 Å². The number of hydrogen-bond donors (Lipinski definition) is 2. The first-order valence-corrected chi connectivity index (χ1v) is 7.38. The molecule has 0 spiro atoms. The lowest BCUT2D eigenvalue weighted by Gasteiger charge is -2.25. The molecule has 0 amide bonds. The summed E-state index contributed by atoms with van der Waals surface area (Å²) in [5.74, 6) is -0.785. The Hall–Kier alpha value is -0.630. The molecule has 0 aliphatic rings. The summed E-state index contributed by atoms with van der Waals surface area (Å²) in [6, 6.07) is -1.15. The van der Waals surface area contributed by atoms with E-state index in [1.807, 2.05) is 0 Å². The highest BCUT2D eigenvalue weighted by molar-refractivity contribution is 7.57. The molecule has 0 saturated heterocycles. The Labute approximate surface area is 109 Å². The van der Waals surface area contributed by atoms with Gasteiger partial charge in [-0.2, -0.15) is 8.78 Å². The lowest BCUT2D eigenvalue weighted by molar-refractivity contribution is -0.186. The van der Waals surface area contributed by atoms with E-state index in [9.17, 15) is 22.5 Å². The van der Waals surface area contributed by atoms with Crippen LogP contribution in [0.25, 0.3) is 0 Å². The molecule has 0 aromatic carbocycles. The molecule has 3 N–H and O–H groups in total. The highest BCUT2D eigenvalue weighted by Gasteiger charge is 2.41. The fraction of sp³-hybridized carbons (Fsp3) is 0.889. The van der Waals surface area contributed by atoms with Gasteiger partial charge in [0.25, 0.3) is 7.52 Å². The van der Waals surface area contributed by atoms with Gasteiger partial charge in [0.2, 0.25) is 0 Å². The normalized spacial score (nSPS) is 16.7. The molecule has 19 heavy (non-hydrogen) atoms. The Balaban J connectivity index is 4.80. The number of ether oxygens (including phenoxy) is 1. The zero-order valence-corrected chi connectivity index (χ0v) is 11.6. The van der Waals surface area contributed by atoms with E-state index in [1.165, 1.54) is 6.92 Å². The van der Waals surface area contributed by atoms with Crippen LogP contribution in [0.3, 0.4) is 0 Å². The van der Waals surface area contributed by atoms with Gasteiger partial charge in [0.05, 0.1) is 12.8 Å². The molecule has 114 valence electrons. The van der Waals surface area contributed by atoms with Crippen LogP contribution < -0.4 is 10.8 Å². The van der Waals surface area contributed by atoms with Crippen molar-refractivity contribution in [2.24, 2.45) is 5.73 Å². The molecular weight excluding hydrogens is 288 g/mol. The largest absolute Gasteiger partial charge is 0.465 e. The summed E-state index contributed by atoms with van der Waals surface area (Å²) in [6.07, 6.45) is -4.67. The standard InChI is InChI=1S/C9H18F3N2O4P/c1-3-17-8(15)7(2)14-19(16,5-4-13)18-9(11,12)6-10/h7H,3-6,13H2,1-2H3,(H,14,16). The molecule has 0 fully saturated rings. The minimum absolute atomic E-state index is 0.0769. The van der Waals surface area contributed by atoms with Crippen molar-refractivity contribution in [1.29, 1.82) is 0 Å². The molecule has 0 aliphatic carbocycles. The average molecular weight is 306 g/mol. The number of rotatable bonds is 9. The van der Waals surface area contributed by atoms with Crippen molar-refractivity contribution in [2.75, 3.05) is 26.0 Å². The van der Waals surface area contributed by atoms with Crippen molar-refractivity contribution in [2.45, 2.75) is 26.0 Å². The summed E-state index contributed by atoms with van der Waals surface area (Å²) >= 11 is 0. The lowest BCUT2D eigenvalue weighted by Crippen LogP contribution is -2.37. The summed E-state index contributed by atoms with van der Waals surface area (Å²) in [7, 11) is -4.16. The van der Waals surface area contributed by atoms with Gasteiger partial charge >= 0.3 is 12.1 Å². The number of esters is 1. The SMILES string of the molecule is CCOC(=O)C(C)NP(=O)(CCN)OC(F)(F)CF. The van der Waals surface area contributed by atoms with E-state index >= 15 is 0 Å². The van der Waals surface area contributed by atoms with Crippen molar-refractivity contribution >= 4 is 13.5 Å². The second-order valence-electron chi connectivity index (χ2n) is 3.65. The number of carbonyl (C=O) groups is 1. The van der Waals surface area contributed by atoms with Gasteiger partial charge in [0, 0.05) is 6.54 Å². The van der Waals surface area contributed by atoms with Crippen molar-refractivity contribution in [3.05, 3.63) is 0 Å². The molecule has 0 bridgehead atoms. The van der Waals surface area contributed by atoms with Crippen LogP contribution in [0.2, 0.25) is 0 Å². The first-order chi connectivity index (χ1) is 8.69. The van der Waals surface area contributed by atoms with Crippen LogP contribution in [0.4, 0.5) is 13.2 Å². The number of nitrogens with one attached hydrogen (secondary N) is 1. The Morgan fingerprint density at radius 1 is 1.53 bits per heavy atom. The summed E-state index contributed by atoms with van der Waals surface area (Å²) in [5, 5.41) is 2.10. The van der Waals surface area contributed by atoms with E-state index in [2.05, 4.69) is 14.3 Å². The van der Waals surface area contributed by atoms with E-state index in [0.717, 1.165) is 0 Å². The third kappa shape index (κ3) is 6.91. The summed E-state index contributed by atoms with van der Waals surface area (Å²) in [5.41, 5.74) is 5.14. The molecule has 0 aromatic heterocycles. The monoisotopic (exact) mass is 306 g/mol. The van der Waals surface area contributed by atoms with Crippen molar-refractivity contribution < 1.29 is 31.8 Å². The lowest BCUT2D eigenvalue weighted by atomic mass is 10.4. The number of hydrogen-bond acceptors (Lipinski definition) is 5. The van der Waals surface area contributed by atoms with Gasteiger partial charge in [-0.05, 0) is 13.8 Å². The van der Waals surface area contributed by atoms with E-state index < -0.39 is 38.5 Å². The highest BCUT2D eigenvalue weighted by Crippen LogP contribution is 2.47. The maximum absolute atomic E-state index is 12.8. The average Bonchev–Trinajstić information content (AvgIpc) is 2.28. The van der Waals surface area contributed by atoms with E-state index in [4.69, 9.17) is 5.73 Å². The molecule has 10 heteroatoms.